The monoisotopic (exact) mass is 431 g/mol. The van der Waals surface area contributed by atoms with E-state index in [0.29, 0.717) is 17.9 Å². The van der Waals surface area contributed by atoms with E-state index in [1.54, 1.807) is 48.4 Å². The average Bonchev–Trinajstić information content (AvgIpc) is 3.03. The van der Waals surface area contributed by atoms with E-state index in [4.69, 9.17) is 4.74 Å². The van der Waals surface area contributed by atoms with Gasteiger partial charge in [0.15, 0.2) is 0 Å². The summed E-state index contributed by atoms with van der Waals surface area (Å²) >= 11 is 0. The third kappa shape index (κ3) is 4.31. The van der Waals surface area contributed by atoms with E-state index in [-0.39, 0.29) is 23.4 Å². The van der Waals surface area contributed by atoms with Crippen molar-refractivity contribution in [1.29, 1.82) is 0 Å². The smallest absolute Gasteiger partial charge is 0.243 e. The van der Waals surface area contributed by atoms with Crippen molar-refractivity contribution in [1.82, 2.24) is 4.31 Å². The molecule has 2 amide bonds. The molecule has 0 saturated heterocycles. The standard InChI is InChI=1S/C21H25N3O5S/c1-14-11-16-12-19(9-10-20(16)24(14)15(2)25)30(27,28)23(3)13-21(26)22-17-5-7-18(29-4)8-6-17/h5-10,12,14H,11,13H2,1-4H3,(H,22,26)/t14-/m0/s1. The number of carbonyl (C=O) groups is 2. The van der Waals surface area contributed by atoms with Crippen LogP contribution in [0.3, 0.4) is 0 Å². The van der Waals surface area contributed by atoms with Gasteiger partial charge in [0.05, 0.1) is 18.6 Å². The van der Waals surface area contributed by atoms with Crippen molar-refractivity contribution in [3.63, 3.8) is 0 Å². The van der Waals surface area contributed by atoms with Crippen LogP contribution in [0, 0.1) is 0 Å². The molecule has 3 rings (SSSR count). The van der Waals surface area contributed by atoms with E-state index in [0.717, 1.165) is 15.6 Å². The van der Waals surface area contributed by atoms with Crippen molar-refractivity contribution >= 4 is 33.2 Å². The average molecular weight is 432 g/mol. The van der Waals surface area contributed by atoms with Gasteiger partial charge in [-0.05, 0) is 61.4 Å². The van der Waals surface area contributed by atoms with Crippen LogP contribution >= 0.6 is 0 Å². The normalized spacial score (nSPS) is 15.8. The molecule has 1 heterocycles. The zero-order valence-corrected chi connectivity index (χ0v) is 18.2. The van der Waals surface area contributed by atoms with Crippen LogP contribution in [0.2, 0.25) is 0 Å². The lowest BCUT2D eigenvalue weighted by Gasteiger charge is -2.21. The van der Waals surface area contributed by atoms with Crippen molar-refractivity contribution in [2.45, 2.75) is 31.2 Å². The summed E-state index contributed by atoms with van der Waals surface area (Å²) in [6.45, 7) is 3.08. The van der Waals surface area contributed by atoms with E-state index in [9.17, 15) is 18.0 Å². The number of anilines is 2. The highest BCUT2D eigenvalue weighted by Gasteiger charge is 2.31. The number of likely N-dealkylation sites (N-methyl/N-ethyl adjacent to an activating group) is 1. The van der Waals surface area contributed by atoms with Crippen molar-refractivity contribution in [2.24, 2.45) is 0 Å². The number of nitrogens with one attached hydrogen (secondary N) is 1. The van der Waals surface area contributed by atoms with Gasteiger partial charge in [0.1, 0.15) is 5.75 Å². The van der Waals surface area contributed by atoms with Gasteiger partial charge in [-0.1, -0.05) is 0 Å². The first-order chi connectivity index (χ1) is 14.1. The van der Waals surface area contributed by atoms with Crippen LogP contribution in [0.25, 0.3) is 0 Å². The molecule has 1 aliphatic heterocycles. The van der Waals surface area contributed by atoms with Crippen molar-refractivity contribution in [3.05, 3.63) is 48.0 Å². The Bertz CT molecular complexity index is 1070. The Balaban J connectivity index is 1.72. The maximum absolute atomic E-state index is 12.9. The quantitative estimate of drug-likeness (QED) is 0.757. The van der Waals surface area contributed by atoms with E-state index in [1.165, 1.54) is 20.0 Å². The summed E-state index contributed by atoms with van der Waals surface area (Å²) in [4.78, 5) is 25.9. The first-order valence-electron chi connectivity index (χ1n) is 9.46. The fraction of sp³-hybridized carbons (Fsp3) is 0.333. The van der Waals surface area contributed by atoms with Gasteiger partial charge in [0.2, 0.25) is 21.8 Å². The Morgan fingerprint density at radius 2 is 1.87 bits per heavy atom. The number of methoxy groups -OCH3 is 1. The predicted molar refractivity (Wildman–Crippen MR) is 114 cm³/mol. The minimum absolute atomic E-state index is 0.0246. The maximum Gasteiger partial charge on any atom is 0.243 e. The number of hydrogen-bond acceptors (Lipinski definition) is 5. The first kappa shape index (κ1) is 21.8. The molecule has 0 radical (unpaired) electrons. The summed E-state index contributed by atoms with van der Waals surface area (Å²) < 4.78 is 32.0. The number of sulfonamides is 1. The highest BCUT2D eigenvalue weighted by atomic mass is 32.2. The van der Waals surface area contributed by atoms with Crippen LogP contribution in [0.4, 0.5) is 11.4 Å². The van der Waals surface area contributed by atoms with Gasteiger partial charge in [-0.25, -0.2) is 8.42 Å². The lowest BCUT2D eigenvalue weighted by molar-refractivity contribution is -0.117. The fourth-order valence-corrected chi connectivity index (χ4v) is 4.77. The van der Waals surface area contributed by atoms with Crippen molar-refractivity contribution < 1.29 is 22.7 Å². The molecule has 1 atom stereocenters. The Morgan fingerprint density at radius 1 is 1.20 bits per heavy atom. The van der Waals surface area contributed by atoms with Gasteiger partial charge in [-0.3, -0.25) is 9.59 Å². The van der Waals surface area contributed by atoms with Gasteiger partial charge in [0, 0.05) is 31.4 Å². The van der Waals surface area contributed by atoms with Crippen LogP contribution < -0.4 is 15.0 Å². The third-order valence-electron chi connectivity index (χ3n) is 5.05. The number of nitrogens with zero attached hydrogens (tertiary/aromatic N) is 2. The molecule has 0 unspecified atom stereocenters. The van der Waals surface area contributed by atoms with Gasteiger partial charge >= 0.3 is 0 Å². The summed E-state index contributed by atoms with van der Waals surface area (Å²) in [6, 6.07) is 11.4. The number of benzene rings is 2. The lowest BCUT2D eigenvalue weighted by atomic mass is 10.1. The van der Waals surface area contributed by atoms with Gasteiger partial charge in [-0.2, -0.15) is 4.31 Å². The number of fused-ring (bicyclic) bond motifs is 1. The summed E-state index contributed by atoms with van der Waals surface area (Å²) in [5, 5.41) is 2.67. The van der Waals surface area contributed by atoms with Crippen molar-refractivity contribution in [3.8, 4) is 5.75 Å². The summed E-state index contributed by atoms with van der Waals surface area (Å²) in [5.74, 6) is 0.120. The number of carbonyl (C=O) groups excluding carboxylic acids is 2. The van der Waals surface area contributed by atoms with Crippen LogP contribution in [0.15, 0.2) is 47.4 Å². The summed E-state index contributed by atoms with van der Waals surface area (Å²) in [5.41, 5.74) is 2.08. The fourth-order valence-electron chi connectivity index (χ4n) is 3.59. The molecule has 8 nitrogen and oxygen atoms in total. The topological polar surface area (TPSA) is 96.0 Å². The molecule has 2 aromatic rings. The summed E-state index contributed by atoms with van der Waals surface area (Å²) in [7, 11) is -0.957. The van der Waals surface area contributed by atoms with Crippen LogP contribution in [-0.4, -0.2) is 51.3 Å². The molecule has 30 heavy (non-hydrogen) atoms. The van der Waals surface area contributed by atoms with Gasteiger partial charge < -0.3 is 15.0 Å². The molecule has 1 N–H and O–H groups in total. The molecule has 2 aromatic carbocycles. The second kappa shape index (κ2) is 8.45. The number of amides is 2. The molecule has 160 valence electrons. The largest absolute Gasteiger partial charge is 0.497 e. The van der Waals surface area contributed by atoms with E-state index in [2.05, 4.69) is 5.32 Å². The van der Waals surface area contributed by atoms with E-state index < -0.39 is 15.9 Å². The van der Waals surface area contributed by atoms with Gasteiger partial charge in [0.25, 0.3) is 0 Å². The second-order valence-electron chi connectivity index (χ2n) is 7.27. The Kier molecular flexibility index (Phi) is 6.14. The zero-order valence-electron chi connectivity index (χ0n) is 17.4. The van der Waals surface area contributed by atoms with E-state index >= 15 is 0 Å². The highest BCUT2D eigenvalue weighted by Crippen LogP contribution is 2.34. The molecule has 0 aromatic heterocycles. The van der Waals surface area contributed by atoms with Crippen LogP contribution in [-0.2, 0) is 26.0 Å². The number of hydrogen-bond donors (Lipinski definition) is 1. The maximum atomic E-state index is 12.9. The SMILES string of the molecule is COc1ccc(NC(=O)CN(C)S(=O)(=O)c2ccc3c(c2)C[C@H](C)N3C(C)=O)cc1. The molecule has 0 bridgehead atoms. The number of ether oxygens (including phenoxy) is 1. The molecular weight excluding hydrogens is 406 g/mol. The Hall–Kier alpha value is -2.91. The summed E-state index contributed by atoms with van der Waals surface area (Å²) in [6.07, 6.45) is 0.583. The third-order valence-corrected chi connectivity index (χ3v) is 6.85. The minimum atomic E-state index is -3.86. The lowest BCUT2D eigenvalue weighted by Crippen LogP contribution is -2.35. The Labute approximate surface area is 176 Å². The molecular formula is C21H25N3O5S. The van der Waals surface area contributed by atoms with Crippen molar-refractivity contribution in [2.75, 3.05) is 30.9 Å². The molecule has 0 spiro atoms. The predicted octanol–water partition coefficient (Wildman–Crippen LogP) is 2.25. The molecule has 0 fully saturated rings. The van der Waals surface area contributed by atoms with E-state index in [1.807, 2.05) is 6.92 Å². The second-order valence-corrected chi connectivity index (χ2v) is 9.32. The number of rotatable bonds is 6. The van der Waals surface area contributed by atoms with Gasteiger partial charge in [-0.15, -0.1) is 0 Å². The van der Waals surface area contributed by atoms with Crippen LogP contribution in [0.1, 0.15) is 19.4 Å². The Morgan fingerprint density at radius 3 is 2.47 bits per heavy atom. The van der Waals surface area contributed by atoms with Crippen LogP contribution in [0.5, 0.6) is 5.75 Å². The molecule has 0 saturated carbocycles. The molecule has 9 heteroatoms. The molecule has 1 aliphatic rings. The first-order valence-corrected chi connectivity index (χ1v) is 10.9. The zero-order chi connectivity index (χ0) is 22.1. The molecule has 0 aliphatic carbocycles. The minimum Gasteiger partial charge on any atom is -0.497 e. The highest BCUT2D eigenvalue weighted by molar-refractivity contribution is 7.89.